The summed E-state index contributed by atoms with van der Waals surface area (Å²) in [6, 6.07) is 10.8. The van der Waals surface area contributed by atoms with Crippen LogP contribution in [-0.4, -0.2) is 59.7 Å². The minimum absolute atomic E-state index is 0.0200. The van der Waals surface area contributed by atoms with Crippen LogP contribution in [0.2, 0.25) is 0 Å². The molecule has 1 aliphatic heterocycles. The lowest BCUT2D eigenvalue weighted by atomic mass is 10.1. The minimum Gasteiger partial charge on any atom is -0.497 e. The Bertz CT molecular complexity index is 1040. The van der Waals surface area contributed by atoms with Crippen LogP contribution >= 0.6 is 11.8 Å². The maximum atomic E-state index is 12.4. The summed E-state index contributed by atoms with van der Waals surface area (Å²) in [6.45, 7) is -0.350. The summed E-state index contributed by atoms with van der Waals surface area (Å²) in [5.41, 5.74) is 1.66. The highest BCUT2D eigenvalue weighted by Crippen LogP contribution is 2.31. The van der Waals surface area contributed by atoms with Gasteiger partial charge in [0.2, 0.25) is 0 Å². The van der Waals surface area contributed by atoms with Crippen molar-refractivity contribution in [1.82, 2.24) is 15.2 Å². The topological polar surface area (TPSA) is 115 Å². The van der Waals surface area contributed by atoms with Crippen molar-refractivity contribution in [3.63, 3.8) is 0 Å². The molecule has 0 spiro atoms. The lowest BCUT2D eigenvalue weighted by molar-refractivity contribution is -0.148. The van der Waals surface area contributed by atoms with E-state index in [0.717, 1.165) is 28.0 Å². The Hall–Kier alpha value is -3.66. The highest BCUT2D eigenvalue weighted by Gasteiger charge is 2.34. The summed E-state index contributed by atoms with van der Waals surface area (Å²) in [6.07, 6.45) is 5.42. The molecule has 0 atom stereocenters. The predicted molar refractivity (Wildman–Crippen MR) is 122 cm³/mol. The Kier molecular flexibility index (Phi) is 8.59. The van der Waals surface area contributed by atoms with E-state index >= 15 is 0 Å². The van der Waals surface area contributed by atoms with Gasteiger partial charge in [-0.1, -0.05) is 18.2 Å². The number of esters is 1. The number of nitrogens with one attached hydrogen (secondary N) is 1. The SMILES string of the molecule is COc1ccc(CCC(=O)OCC(=O)NCCN2C(=O)S/C(=C\c3cccnc3)C2=O)cc1. The number of carbonyl (C=O) groups excluding carboxylic acids is 4. The van der Waals surface area contributed by atoms with Gasteiger partial charge in [-0.05, 0) is 53.6 Å². The first kappa shape index (κ1) is 24.0. The Labute approximate surface area is 195 Å². The summed E-state index contributed by atoms with van der Waals surface area (Å²) in [4.78, 5) is 53.7. The van der Waals surface area contributed by atoms with Crippen molar-refractivity contribution >= 4 is 40.9 Å². The fourth-order valence-electron chi connectivity index (χ4n) is 2.92. The zero-order valence-electron chi connectivity index (χ0n) is 18.0. The van der Waals surface area contributed by atoms with Gasteiger partial charge >= 0.3 is 5.97 Å². The predicted octanol–water partition coefficient (Wildman–Crippen LogP) is 2.42. The number of hydrogen-bond acceptors (Lipinski definition) is 8. The monoisotopic (exact) mass is 469 g/mol. The second-order valence-electron chi connectivity index (χ2n) is 6.98. The van der Waals surface area contributed by atoms with E-state index in [2.05, 4.69) is 10.3 Å². The maximum absolute atomic E-state index is 12.4. The number of nitrogens with zero attached hydrogens (tertiary/aromatic N) is 2. The van der Waals surface area contributed by atoms with Gasteiger partial charge in [0, 0.05) is 31.9 Å². The van der Waals surface area contributed by atoms with E-state index in [-0.39, 0.29) is 19.5 Å². The molecule has 1 aromatic carbocycles. The number of aromatic nitrogens is 1. The molecule has 0 bridgehead atoms. The van der Waals surface area contributed by atoms with Crippen LogP contribution in [0, 0.1) is 0 Å². The average molecular weight is 470 g/mol. The van der Waals surface area contributed by atoms with Crippen LogP contribution in [0.5, 0.6) is 5.75 Å². The van der Waals surface area contributed by atoms with Crippen molar-refractivity contribution in [2.24, 2.45) is 0 Å². The number of hydrogen-bond donors (Lipinski definition) is 1. The van der Waals surface area contributed by atoms with Crippen LogP contribution in [0.25, 0.3) is 6.08 Å². The molecule has 9 nitrogen and oxygen atoms in total. The standard InChI is InChI=1S/C23H23N3O6S/c1-31-18-7-4-16(5-8-18)6-9-21(28)32-15-20(27)25-11-12-26-22(29)19(33-23(26)30)13-17-3-2-10-24-14-17/h2-5,7-8,10,13-14H,6,9,11-12,15H2,1H3,(H,25,27)/b19-13-. The fourth-order valence-corrected chi connectivity index (χ4v) is 3.79. The molecule has 0 saturated carbocycles. The Morgan fingerprint density at radius 1 is 1.18 bits per heavy atom. The molecule has 1 saturated heterocycles. The van der Waals surface area contributed by atoms with Gasteiger partial charge in [0.25, 0.3) is 17.1 Å². The van der Waals surface area contributed by atoms with E-state index in [1.807, 2.05) is 12.1 Å². The normalized spacial score (nSPS) is 14.5. The first-order chi connectivity index (χ1) is 16.0. The number of imide groups is 1. The molecule has 2 heterocycles. The molecule has 2 aromatic rings. The van der Waals surface area contributed by atoms with E-state index in [1.165, 1.54) is 0 Å². The van der Waals surface area contributed by atoms with Gasteiger partial charge in [-0.2, -0.15) is 0 Å². The first-order valence-corrected chi connectivity index (χ1v) is 11.0. The number of aryl methyl sites for hydroxylation is 1. The van der Waals surface area contributed by atoms with E-state index in [4.69, 9.17) is 9.47 Å². The van der Waals surface area contributed by atoms with Crippen molar-refractivity contribution in [2.75, 3.05) is 26.8 Å². The number of methoxy groups -OCH3 is 1. The average Bonchev–Trinajstić information content (AvgIpc) is 3.09. The van der Waals surface area contributed by atoms with Gasteiger partial charge < -0.3 is 14.8 Å². The molecule has 1 aliphatic rings. The quantitative estimate of drug-likeness (QED) is 0.417. The fraction of sp³-hybridized carbons (Fsp3) is 0.261. The smallest absolute Gasteiger partial charge is 0.306 e. The first-order valence-electron chi connectivity index (χ1n) is 10.2. The van der Waals surface area contributed by atoms with Gasteiger partial charge in [0.05, 0.1) is 12.0 Å². The van der Waals surface area contributed by atoms with E-state index in [0.29, 0.717) is 16.9 Å². The zero-order valence-corrected chi connectivity index (χ0v) is 18.8. The molecule has 1 fully saturated rings. The molecule has 10 heteroatoms. The van der Waals surface area contributed by atoms with Crippen molar-refractivity contribution in [2.45, 2.75) is 12.8 Å². The van der Waals surface area contributed by atoms with Gasteiger partial charge in [0.1, 0.15) is 5.75 Å². The maximum Gasteiger partial charge on any atom is 0.306 e. The van der Waals surface area contributed by atoms with Crippen LogP contribution in [0.4, 0.5) is 4.79 Å². The molecule has 3 rings (SSSR count). The molecule has 33 heavy (non-hydrogen) atoms. The Balaban J connectivity index is 1.35. The van der Waals surface area contributed by atoms with Gasteiger partial charge in [-0.3, -0.25) is 29.1 Å². The van der Waals surface area contributed by atoms with E-state index in [1.54, 1.807) is 49.8 Å². The molecule has 0 aliphatic carbocycles. The minimum atomic E-state index is -0.509. The number of thioether (sulfide) groups is 1. The summed E-state index contributed by atoms with van der Waals surface area (Å²) in [7, 11) is 1.58. The van der Waals surface area contributed by atoms with Crippen molar-refractivity contribution in [1.29, 1.82) is 0 Å². The number of benzene rings is 1. The molecule has 172 valence electrons. The second kappa shape index (κ2) is 11.8. The van der Waals surface area contributed by atoms with Gasteiger partial charge in [-0.15, -0.1) is 0 Å². The Morgan fingerprint density at radius 2 is 1.97 bits per heavy atom. The third-order valence-corrected chi connectivity index (χ3v) is 5.56. The van der Waals surface area contributed by atoms with Crippen LogP contribution in [0.1, 0.15) is 17.5 Å². The van der Waals surface area contributed by atoms with Crippen molar-refractivity contribution in [3.05, 3.63) is 64.8 Å². The summed E-state index contributed by atoms with van der Waals surface area (Å²) in [5.74, 6) is -0.694. The van der Waals surface area contributed by atoms with Crippen molar-refractivity contribution < 1.29 is 28.7 Å². The number of amides is 3. The summed E-state index contributed by atoms with van der Waals surface area (Å²) < 4.78 is 10.1. The van der Waals surface area contributed by atoms with Gasteiger partial charge in [0.15, 0.2) is 6.61 Å². The van der Waals surface area contributed by atoms with Crippen LogP contribution in [0.15, 0.2) is 53.7 Å². The van der Waals surface area contributed by atoms with Gasteiger partial charge in [-0.25, -0.2) is 0 Å². The highest BCUT2D eigenvalue weighted by atomic mass is 32.2. The summed E-state index contributed by atoms with van der Waals surface area (Å²) >= 11 is 0.837. The Morgan fingerprint density at radius 3 is 2.67 bits per heavy atom. The van der Waals surface area contributed by atoms with E-state index in [9.17, 15) is 19.2 Å². The second-order valence-corrected chi connectivity index (χ2v) is 7.97. The third kappa shape index (κ3) is 7.18. The molecule has 3 amide bonds. The van der Waals surface area contributed by atoms with E-state index < -0.39 is 29.6 Å². The lowest BCUT2D eigenvalue weighted by Crippen LogP contribution is -2.38. The molecule has 1 aromatic heterocycles. The number of carbonyl (C=O) groups is 4. The molecular weight excluding hydrogens is 446 g/mol. The number of pyridine rings is 1. The van der Waals surface area contributed by atoms with Crippen LogP contribution < -0.4 is 10.1 Å². The molecule has 0 radical (unpaired) electrons. The van der Waals surface area contributed by atoms with Crippen molar-refractivity contribution in [3.8, 4) is 5.75 Å². The van der Waals surface area contributed by atoms with Crippen LogP contribution in [-0.2, 0) is 25.5 Å². The van der Waals surface area contributed by atoms with Crippen LogP contribution in [0.3, 0.4) is 0 Å². The number of ether oxygens (including phenoxy) is 2. The highest BCUT2D eigenvalue weighted by molar-refractivity contribution is 8.18. The zero-order chi connectivity index (χ0) is 23.6. The molecule has 0 unspecified atom stereocenters. The summed E-state index contributed by atoms with van der Waals surface area (Å²) in [5, 5.41) is 2.13. The third-order valence-electron chi connectivity index (χ3n) is 4.65. The molecular formula is C23H23N3O6S. The molecule has 1 N–H and O–H groups in total. The largest absolute Gasteiger partial charge is 0.497 e. The lowest BCUT2D eigenvalue weighted by Gasteiger charge is -2.13. The number of rotatable bonds is 10.